The largest absolute Gasteiger partial charge is 0.480 e. The monoisotopic (exact) mass is 261 g/mol. The zero-order valence-corrected chi connectivity index (χ0v) is 10.9. The molecule has 1 aromatic rings. The number of benzene rings is 1. The van der Waals surface area contributed by atoms with Gasteiger partial charge in [0.15, 0.2) is 0 Å². The molecule has 1 heterocycles. The smallest absolute Gasteiger partial charge is 0.325 e. The van der Waals surface area contributed by atoms with Crippen LogP contribution in [0.3, 0.4) is 0 Å². The first-order valence-corrected chi connectivity index (χ1v) is 6.92. The van der Waals surface area contributed by atoms with Crippen molar-refractivity contribution in [2.75, 3.05) is 13.2 Å². The SMILES string of the molecule is O=C(O)C(c1ccccc1)N1CCOC2CCCC21. The maximum atomic E-state index is 11.7. The van der Waals surface area contributed by atoms with Crippen LogP contribution in [-0.2, 0) is 9.53 Å². The van der Waals surface area contributed by atoms with Crippen LogP contribution in [0.2, 0.25) is 0 Å². The Bertz CT molecular complexity index is 448. The molecular formula is C15H19NO3. The number of carbonyl (C=O) groups is 1. The van der Waals surface area contributed by atoms with E-state index in [0.29, 0.717) is 13.2 Å². The van der Waals surface area contributed by atoms with Gasteiger partial charge in [-0.2, -0.15) is 0 Å². The minimum atomic E-state index is -0.765. The summed E-state index contributed by atoms with van der Waals surface area (Å²) in [5.74, 6) is -0.765. The summed E-state index contributed by atoms with van der Waals surface area (Å²) in [5.41, 5.74) is 0.863. The molecule has 0 radical (unpaired) electrons. The molecule has 3 rings (SSSR count). The molecule has 0 bridgehead atoms. The van der Waals surface area contributed by atoms with Gasteiger partial charge in [0.25, 0.3) is 0 Å². The second-order valence-corrected chi connectivity index (χ2v) is 5.30. The molecule has 19 heavy (non-hydrogen) atoms. The van der Waals surface area contributed by atoms with Gasteiger partial charge in [-0.25, -0.2) is 0 Å². The van der Waals surface area contributed by atoms with Gasteiger partial charge in [-0.1, -0.05) is 30.3 Å². The van der Waals surface area contributed by atoms with Crippen molar-refractivity contribution in [1.82, 2.24) is 4.90 Å². The fourth-order valence-corrected chi connectivity index (χ4v) is 3.39. The molecule has 2 aliphatic rings. The van der Waals surface area contributed by atoms with Crippen molar-refractivity contribution in [2.45, 2.75) is 37.5 Å². The van der Waals surface area contributed by atoms with E-state index in [1.54, 1.807) is 0 Å². The fraction of sp³-hybridized carbons (Fsp3) is 0.533. The number of fused-ring (bicyclic) bond motifs is 1. The number of carboxylic acid groups (broad SMARTS) is 1. The number of rotatable bonds is 3. The summed E-state index contributed by atoms with van der Waals surface area (Å²) in [5, 5.41) is 9.62. The van der Waals surface area contributed by atoms with Gasteiger partial charge in [-0.3, -0.25) is 9.69 Å². The molecule has 0 aromatic heterocycles. The lowest BCUT2D eigenvalue weighted by Crippen LogP contribution is -2.51. The Hall–Kier alpha value is -1.39. The van der Waals surface area contributed by atoms with Gasteiger partial charge in [0.2, 0.25) is 0 Å². The average Bonchev–Trinajstić information content (AvgIpc) is 2.89. The Labute approximate surface area is 113 Å². The van der Waals surface area contributed by atoms with Crippen LogP contribution in [-0.4, -0.2) is 41.3 Å². The summed E-state index contributed by atoms with van der Waals surface area (Å²) in [6.45, 7) is 1.34. The summed E-state index contributed by atoms with van der Waals surface area (Å²) in [6, 6.07) is 9.23. The first-order valence-electron chi connectivity index (χ1n) is 6.92. The Morgan fingerprint density at radius 3 is 2.84 bits per heavy atom. The van der Waals surface area contributed by atoms with Crippen LogP contribution >= 0.6 is 0 Å². The molecule has 0 spiro atoms. The molecule has 102 valence electrons. The third kappa shape index (κ3) is 2.38. The van der Waals surface area contributed by atoms with Crippen molar-refractivity contribution in [2.24, 2.45) is 0 Å². The summed E-state index contributed by atoms with van der Waals surface area (Å²) in [6.07, 6.45) is 3.45. The molecule has 1 saturated heterocycles. The van der Waals surface area contributed by atoms with E-state index in [1.807, 2.05) is 30.3 Å². The predicted molar refractivity (Wildman–Crippen MR) is 70.9 cm³/mol. The van der Waals surface area contributed by atoms with Crippen LogP contribution < -0.4 is 0 Å². The Balaban J connectivity index is 1.89. The van der Waals surface area contributed by atoms with Crippen LogP contribution in [0.4, 0.5) is 0 Å². The highest BCUT2D eigenvalue weighted by molar-refractivity contribution is 5.75. The van der Waals surface area contributed by atoms with Crippen molar-refractivity contribution in [3.05, 3.63) is 35.9 Å². The average molecular weight is 261 g/mol. The normalized spacial score (nSPS) is 28.8. The van der Waals surface area contributed by atoms with Gasteiger partial charge >= 0.3 is 5.97 Å². The van der Waals surface area contributed by atoms with Crippen molar-refractivity contribution < 1.29 is 14.6 Å². The highest BCUT2D eigenvalue weighted by Crippen LogP contribution is 2.35. The van der Waals surface area contributed by atoms with E-state index in [2.05, 4.69) is 4.90 Å². The van der Waals surface area contributed by atoms with Crippen molar-refractivity contribution in [1.29, 1.82) is 0 Å². The quantitative estimate of drug-likeness (QED) is 0.905. The molecule has 1 aliphatic carbocycles. The van der Waals surface area contributed by atoms with Crippen molar-refractivity contribution in [3.8, 4) is 0 Å². The van der Waals surface area contributed by atoms with Crippen LogP contribution in [0, 0.1) is 0 Å². The molecule has 1 aromatic carbocycles. The first-order chi connectivity index (χ1) is 9.27. The number of nitrogens with zero attached hydrogens (tertiary/aromatic N) is 1. The summed E-state index contributed by atoms with van der Waals surface area (Å²) in [4.78, 5) is 13.8. The van der Waals surface area contributed by atoms with Crippen molar-refractivity contribution in [3.63, 3.8) is 0 Å². The van der Waals surface area contributed by atoms with Crippen LogP contribution in [0.25, 0.3) is 0 Å². The lowest BCUT2D eigenvalue weighted by atomic mass is 10.0. The Morgan fingerprint density at radius 2 is 2.11 bits per heavy atom. The summed E-state index contributed by atoms with van der Waals surface area (Å²) in [7, 11) is 0. The van der Waals surface area contributed by atoms with Crippen molar-refractivity contribution >= 4 is 5.97 Å². The summed E-state index contributed by atoms with van der Waals surface area (Å²) < 4.78 is 5.76. The minimum Gasteiger partial charge on any atom is -0.480 e. The molecule has 2 fully saturated rings. The van der Waals surface area contributed by atoms with Gasteiger partial charge in [-0.05, 0) is 24.8 Å². The van der Waals surface area contributed by atoms with Crippen LogP contribution in [0.1, 0.15) is 30.9 Å². The summed E-state index contributed by atoms with van der Waals surface area (Å²) >= 11 is 0. The number of ether oxygens (including phenoxy) is 1. The third-order valence-electron chi connectivity index (χ3n) is 4.21. The number of morpholine rings is 1. The number of hydrogen-bond acceptors (Lipinski definition) is 3. The molecule has 0 amide bonds. The van der Waals surface area contributed by atoms with Gasteiger partial charge in [0.1, 0.15) is 6.04 Å². The maximum absolute atomic E-state index is 11.7. The van der Waals surface area contributed by atoms with E-state index >= 15 is 0 Å². The zero-order valence-electron chi connectivity index (χ0n) is 10.9. The van der Waals surface area contributed by atoms with E-state index < -0.39 is 12.0 Å². The topological polar surface area (TPSA) is 49.8 Å². The first kappa shape index (κ1) is 12.6. The highest BCUT2D eigenvalue weighted by atomic mass is 16.5. The number of carboxylic acids is 1. The fourth-order valence-electron chi connectivity index (χ4n) is 3.39. The number of hydrogen-bond donors (Lipinski definition) is 1. The van der Waals surface area contributed by atoms with Gasteiger partial charge < -0.3 is 9.84 Å². The minimum absolute atomic E-state index is 0.222. The van der Waals surface area contributed by atoms with E-state index in [0.717, 1.165) is 24.8 Å². The molecule has 4 heteroatoms. The lowest BCUT2D eigenvalue weighted by molar-refractivity contribution is -0.150. The van der Waals surface area contributed by atoms with Gasteiger partial charge in [0.05, 0.1) is 12.7 Å². The molecular weight excluding hydrogens is 242 g/mol. The number of aliphatic carboxylic acids is 1. The molecule has 1 N–H and O–H groups in total. The second kappa shape index (κ2) is 5.31. The molecule has 4 nitrogen and oxygen atoms in total. The zero-order chi connectivity index (χ0) is 13.2. The van der Waals surface area contributed by atoms with Gasteiger partial charge in [-0.15, -0.1) is 0 Å². The van der Waals surface area contributed by atoms with Gasteiger partial charge in [0, 0.05) is 12.6 Å². The van der Waals surface area contributed by atoms with E-state index in [1.165, 1.54) is 0 Å². The Kier molecular flexibility index (Phi) is 3.53. The van der Waals surface area contributed by atoms with Crippen LogP contribution in [0.5, 0.6) is 0 Å². The predicted octanol–water partition coefficient (Wildman–Crippen LogP) is 2.07. The third-order valence-corrected chi connectivity index (χ3v) is 4.21. The molecule has 1 saturated carbocycles. The molecule has 1 aliphatic heterocycles. The standard InChI is InChI=1S/C15H19NO3/c17-15(18)14(11-5-2-1-3-6-11)16-9-10-19-13-8-4-7-12(13)16/h1-3,5-6,12-14H,4,7-10H2,(H,17,18). The van der Waals surface area contributed by atoms with E-state index in [4.69, 9.17) is 4.74 Å². The second-order valence-electron chi connectivity index (χ2n) is 5.30. The molecule has 3 atom stereocenters. The maximum Gasteiger partial charge on any atom is 0.325 e. The van der Waals surface area contributed by atoms with Crippen LogP contribution in [0.15, 0.2) is 30.3 Å². The van der Waals surface area contributed by atoms with E-state index in [9.17, 15) is 9.90 Å². The highest BCUT2D eigenvalue weighted by Gasteiger charge is 2.41. The molecule has 3 unspecified atom stereocenters. The Morgan fingerprint density at radius 1 is 1.32 bits per heavy atom. The lowest BCUT2D eigenvalue weighted by Gasteiger charge is -2.41. The van der Waals surface area contributed by atoms with E-state index in [-0.39, 0.29) is 12.1 Å².